The first-order valence-electron chi connectivity index (χ1n) is 21.5. The number of nitrogens with zero attached hydrogens (tertiary/aromatic N) is 2. The molecule has 3 aliphatic rings. The van der Waals surface area contributed by atoms with Gasteiger partial charge in [-0.3, -0.25) is 14.4 Å². The molecule has 7 aromatic carbocycles. The Morgan fingerprint density at radius 2 is 1.27 bits per heavy atom. The second-order valence-electron chi connectivity index (χ2n) is 17.9. The largest absolute Gasteiger partial charge is 0.871 e. The number of allylic oxidation sites excluding steroid dienone is 4. The van der Waals surface area contributed by atoms with E-state index in [-0.39, 0.29) is 54.8 Å². The van der Waals surface area contributed by atoms with Crippen molar-refractivity contribution < 1.29 is 14.5 Å². The first-order chi connectivity index (χ1) is 28.9. The molecule has 7 aromatic rings. The lowest BCUT2D eigenvalue weighted by Gasteiger charge is -2.33. The van der Waals surface area contributed by atoms with Crippen LogP contribution >= 0.6 is 0 Å². The van der Waals surface area contributed by atoms with E-state index >= 15 is 0 Å². The van der Waals surface area contributed by atoms with Crippen molar-refractivity contribution in [3.63, 3.8) is 0 Å². The standard InChI is InChI=1S/C54H48N2O4/c1-7-9-27-55-41-17-13-11-15-39(41)53(3,4)43(55)29-37-49(57)47(50(37)58)35-25-21-31-20-24-34-36(26-22-32-19-23-33(35)45(31)46(32)34)48-51(59)38(52(48)60)30-44-54(5,6)40-16-12-14-18-42(40)56(44)28-10-8-2/h11-26,29-30H,7-10,27-28H2,1-6H3. The predicted octanol–water partition coefficient (Wildman–Crippen LogP) is 7.95. The van der Waals surface area contributed by atoms with Gasteiger partial charge in [0.05, 0.1) is 15.9 Å². The number of anilines is 1. The third kappa shape index (κ3) is 5.19. The lowest BCUT2D eigenvalue weighted by atomic mass is 9.79. The minimum Gasteiger partial charge on any atom is -0.871 e. The topological polar surface area (TPSA) is 80.5 Å². The summed E-state index contributed by atoms with van der Waals surface area (Å²) >= 11 is 0. The van der Waals surface area contributed by atoms with Crippen molar-refractivity contribution >= 4 is 66.8 Å². The van der Waals surface area contributed by atoms with Crippen LogP contribution in [0.5, 0.6) is 0 Å². The number of Topliss-reactive ketones (excluding diaryl/α,β-unsaturated/α-hetero) is 1. The van der Waals surface area contributed by atoms with Crippen LogP contribution in [0.15, 0.2) is 130 Å². The van der Waals surface area contributed by atoms with Crippen LogP contribution in [0.4, 0.5) is 11.4 Å². The van der Waals surface area contributed by atoms with Gasteiger partial charge in [-0.15, -0.1) is 0 Å². The fraction of sp³-hybridized carbons (Fsp3) is 0.259. The fourth-order valence-electron chi connectivity index (χ4n) is 10.4. The van der Waals surface area contributed by atoms with Crippen LogP contribution in [-0.2, 0) is 15.6 Å². The Hall–Kier alpha value is -6.40. The minimum absolute atomic E-state index is 0.199. The lowest BCUT2D eigenvalue weighted by molar-refractivity contribution is -0.437. The number of hydrogen-bond acceptors (Lipinski definition) is 5. The highest BCUT2D eigenvalue weighted by atomic mass is 16.3. The average molecular weight is 789 g/mol. The van der Waals surface area contributed by atoms with E-state index in [2.05, 4.69) is 75.3 Å². The zero-order valence-corrected chi connectivity index (χ0v) is 35.2. The van der Waals surface area contributed by atoms with Crippen molar-refractivity contribution in [2.24, 2.45) is 0 Å². The molecule has 298 valence electrons. The summed E-state index contributed by atoms with van der Waals surface area (Å²) in [4.78, 5) is 44.8. The minimum atomic E-state index is -0.372. The molecule has 0 N–H and O–H groups in total. The van der Waals surface area contributed by atoms with Gasteiger partial charge in [-0.25, -0.2) is 0 Å². The number of benzene rings is 6. The number of unbranched alkanes of at least 4 members (excludes halogenated alkanes) is 2. The summed E-state index contributed by atoms with van der Waals surface area (Å²) in [6.45, 7) is 14.6. The maximum absolute atomic E-state index is 14.2. The van der Waals surface area contributed by atoms with Crippen molar-refractivity contribution in [2.45, 2.75) is 78.1 Å². The van der Waals surface area contributed by atoms with Crippen LogP contribution in [0.1, 0.15) is 78.4 Å². The molecule has 1 aliphatic carbocycles. The van der Waals surface area contributed by atoms with E-state index in [4.69, 9.17) is 0 Å². The van der Waals surface area contributed by atoms with Gasteiger partial charge in [-0.1, -0.05) is 131 Å². The van der Waals surface area contributed by atoms with Gasteiger partial charge in [0.15, 0.2) is 11.5 Å². The average Bonchev–Trinajstić information content (AvgIpc) is 3.60. The zero-order valence-electron chi connectivity index (χ0n) is 35.2. The molecule has 0 radical (unpaired) electrons. The second-order valence-corrected chi connectivity index (χ2v) is 17.9. The van der Waals surface area contributed by atoms with Gasteiger partial charge in [-0.05, 0) is 80.7 Å². The van der Waals surface area contributed by atoms with Gasteiger partial charge in [0.25, 0.3) is 0 Å². The molecule has 0 unspecified atom stereocenters. The van der Waals surface area contributed by atoms with E-state index in [0.717, 1.165) is 93.9 Å². The SMILES string of the molecule is CCCCN1C(=CC2=C([O-])C(=c3ccc4ccc5c(=c6c(=O)c(=CC7=[N+](CCCC)c8ccccc8C7(C)C)c6=O)ccc6ccc3c4c65)C2=O)C(C)(C)c2ccccc21. The third-order valence-electron chi connectivity index (χ3n) is 13.7. The number of ketones is 1. The maximum atomic E-state index is 14.2. The molecule has 60 heavy (non-hydrogen) atoms. The van der Waals surface area contributed by atoms with Gasteiger partial charge >= 0.3 is 0 Å². The predicted molar refractivity (Wildman–Crippen MR) is 242 cm³/mol. The molecule has 0 amide bonds. The highest BCUT2D eigenvalue weighted by Gasteiger charge is 2.44. The second kappa shape index (κ2) is 13.6. The Kier molecular flexibility index (Phi) is 8.56. The van der Waals surface area contributed by atoms with E-state index in [1.165, 1.54) is 11.1 Å². The number of hydrogen-bond donors (Lipinski definition) is 0. The summed E-state index contributed by atoms with van der Waals surface area (Å²) < 4.78 is 2.28. The van der Waals surface area contributed by atoms with E-state index in [0.29, 0.717) is 10.4 Å². The van der Waals surface area contributed by atoms with Gasteiger partial charge in [0.2, 0.25) is 16.5 Å². The smallest absolute Gasteiger partial charge is 0.209 e. The van der Waals surface area contributed by atoms with Crippen LogP contribution in [0.25, 0.3) is 44.0 Å². The summed E-state index contributed by atoms with van der Waals surface area (Å²) in [6.07, 6.45) is 7.73. The number of para-hydroxylation sites is 2. The van der Waals surface area contributed by atoms with Gasteiger partial charge < -0.3 is 10.0 Å². The fourth-order valence-corrected chi connectivity index (χ4v) is 10.4. The number of carbonyl (C=O) groups is 1. The van der Waals surface area contributed by atoms with Gasteiger partial charge in [-0.2, -0.15) is 4.58 Å². The Morgan fingerprint density at radius 3 is 1.93 bits per heavy atom. The van der Waals surface area contributed by atoms with Crippen molar-refractivity contribution in [1.29, 1.82) is 0 Å². The van der Waals surface area contributed by atoms with Crippen LogP contribution in [0.2, 0.25) is 0 Å². The summed E-state index contributed by atoms with van der Waals surface area (Å²) in [5, 5.41) is 21.1. The van der Waals surface area contributed by atoms with Crippen LogP contribution < -0.4 is 31.3 Å². The summed E-state index contributed by atoms with van der Waals surface area (Å²) in [7, 11) is 0. The molecule has 0 saturated carbocycles. The number of rotatable bonds is 8. The molecular weight excluding hydrogens is 741 g/mol. The molecule has 10 rings (SSSR count). The molecule has 2 aliphatic heterocycles. The number of carbonyl (C=O) groups excluding carboxylic acids is 1. The van der Waals surface area contributed by atoms with Crippen LogP contribution in [0.3, 0.4) is 0 Å². The normalized spacial score (nSPS) is 18.5. The van der Waals surface area contributed by atoms with E-state index < -0.39 is 0 Å². The lowest BCUT2D eigenvalue weighted by Crippen LogP contribution is -2.51. The Bertz CT molecular complexity index is 3390. The Balaban J connectivity index is 1.14. The maximum Gasteiger partial charge on any atom is 0.209 e. The molecule has 0 atom stereocenters. The monoisotopic (exact) mass is 788 g/mol. The molecule has 0 bridgehead atoms. The quantitative estimate of drug-likeness (QED) is 0.115. The van der Waals surface area contributed by atoms with Crippen molar-refractivity contribution in [3.05, 3.63) is 173 Å². The third-order valence-corrected chi connectivity index (χ3v) is 13.7. The summed E-state index contributed by atoms with van der Waals surface area (Å²) in [5.41, 5.74) is 5.76. The van der Waals surface area contributed by atoms with E-state index in [9.17, 15) is 19.5 Å². The van der Waals surface area contributed by atoms with E-state index in [1.807, 2.05) is 84.9 Å². The van der Waals surface area contributed by atoms with Gasteiger partial charge in [0, 0.05) is 58.6 Å². The summed E-state index contributed by atoms with van der Waals surface area (Å²) in [5.74, 6) is -0.490. The highest BCUT2D eigenvalue weighted by molar-refractivity contribution is 6.38. The van der Waals surface area contributed by atoms with Crippen LogP contribution in [0, 0.1) is 10.4 Å². The molecule has 0 fully saturated rings. The van der Waals surface area contributed by atoms with Crippen molar-refractivity contribution in [3.8, 4) is 0 Å². The molecule has 0 spiro atoms. The summed E-state index contributed by atoms with van der Waals surface area (Å²) in [6, 6.07) is 32.4. The number of fused-ring (bicyclic) bond motifs is 2. The first kappa shape index (κ1) is 37.8. The van der Waals surface area contributed by atoms with Crippen molar-refractivity contribution in [1.82, 2.24) is 0 Å². The molecule has 2 heterocycles. The molecule has 0 saturated heterocycles. The zero-order chi connectivity index (χ0) is 41.8. The van der Waals surface area contributed by atoms with Gasteiger partial charge in [0.1, 0.15) is 6.54 Å². The Labute approximate surface area is 348 Å². The highest BCUT2D eigenvalue weighted by Crippen LogP contribution is 2.49. The molecule has 6 heteroatoms. The Morgan fingerprint density at radius 1 is 0.667 bits per heavy atom. The molecular formula is C54H48N2O4. The van der Waals surface area contributed by atoms with Crippen LogP contribution in [-0.4, -0.2) is 29.2 Å². The molecule has 0 aromatic heterocycles. The van der Waals surface area contributed by atoms with E-state index in [1.54, 1.807) is 0 Å². The van der Waals surface area contributed by atoms with Crippen molar-refractivity contribution in [2.75, 3.05) is 18.0 Å². The first-order valence-corrected chi connectivity index (χ1v) is 21.5. The molecule has 6 nitrogen and oxygen atoms in total.